The van der Waals surface area contributed by atoms with Crippen molar-refractivity contribution in [3.05, 3.63) is 53.7 Å². The molecule has 0 aliphatic heterocycles. The fraction of sp³-hybridized carbons (Fsp3) is 0.125. The topological polar surface area (TPSA) is 105 Å². The number of rotatable bonds is 5. The fourth-order valence-electron chi connectivity index (χ4n) is 2.07. The van der Waals surface area contributed by atoms with E-state index < -0.39 is 5.97 Å². The number of hydrogen-bond donors (Lipinski definition) is 3. The quantitative estimate of drug-likeness (QED) is 0.612. The van der Waals surface area contributed by atoms with E-state index in [9.17, 15) is 9.18 Å². The van der Waals surface area contributed by atoms with Gasteiger partial charge in [-0.3, -0.25) is 5.10 Å². The summed E-state index contributed by atoms with van der Waals surface area (Å²) < 4.78 is 17.8. The van der Waals surface area contributed by atoms with Gasteiger partial charge in [0.2, 0.25) is 0 Å². The standard InChI is InChI=1S/C16H15FN6O2/c1-9-7-12(23-22-9)20-13-8-18-14(16(24)25-2)15(21-13)19-11-5-3-10(17)4-6-11/h3-8H,1-2H3,(H3,19,20,21,22,23). The molecule has 0 saturated carbocycles. The van der Waals surface area contributed by atoms with Gasteiger partial charge in [-0.2, -0.15) is 5.10 Å². The summed E-state index contributed by atoms with van der Waals surface area (Å²) in [5.74, 6) is 0.109. The molecular formula is C16H15FN6O2. The van der Waals surface area contributed by atoms with Crippen LogP contribution in [0.4, 0.5) is 27.5 Å². The van der Waals surface area contributed by atoms with Crippen LogP contribution in [0.1, 0.15) is 16.2 Å². The van der Waals surface area contributed by atoms with Crippen molar-refractivity contribution in [1.29, 1.82) is 0 Å². The Morgan fingerprint density at radius 1 is 1.20 bits per heavy atom. The van der Waals surface area contributed by atoms with Gasteiger partial charge in [0.1, 0.15) is 5.82 Å². The second-order valence-electron chi connectivity index (χ2n) is 5.14. The molecule has 3 N–H and O–H groups in total. The molecule has 8 nitrogen and oxygen atoms in total. The first kappa shape index (κ1) is 16.4. The van der Waals surface area contributed by atoms with E-state index in [-0.39, 0.29) is 17.3 Å². The number of esters is 1. The number of halogens is 1. The van der Waals surface area contributed by atoms with Crippen molar-refractivity contribution in [1.82, 2.24) is 20.2 Å². The first-order valence-corrected chi connectivity index (χ1v) is 7.32. The third-order valence-electron chi connectivity index (χ3n) is 3.22. The van der Waals surface area contributed by atoms with Gasteiger partial charge in [-0.15, -0.1) is 0 Å². The Balaban J connectivity index is 1.92. The lowest BCUT2D eigenvalue weighted by Crippen LogP contribution is -2.11. The monoisotopic (exact) mass is 342 g/mol. The lowest BCUT2D eigenvalue weighted by molar-refractivity contribution is 0.0595. The Morgan fingerprint density at radius 3 is 2.60 bits per heavy atom. The minimum absolute atomic E-state index is 0.00980. The molecule has 3 aromatic rings. The van der Waals surface area contributed by atoms with Crippen LogP contribution >= 0.6 is 0 Å². The third-order valence-corrected chi connectivity index (χ3v) is 3.22. The number of hydrogen-bond acceptors (Lipinski definition) is 7. The average Bonchev–Trinajstić information content (AvgIpc) is 3.01. The fourth-order valence-corrected chi connectivity index (χ4v) is 2.07. The highest BCUT2D eigenvalue weighted by atomic mass is 19.1. The summed E-state index contributed by atoms with van der Waals surface area (Å²) in [6.07, 6.45) is 1.39. The minimum Gasteiger partial charge on any atom is -0.464 e. The van der Waals surface area contributed by atoms with Gasteiger partial charge in [0.15, 0.2) is 23.1 Å². The molecule has 0 unspecified atom stereocenters. The summed E-state index contributed by atoms with van der Waals surface area (Å²) in [4.78, 5) is 20.3. The van der Waals surface area contributed by atoms with Crippen LogP contribution < -0.4 is 10.6 Å². The van der Waals surface area contributed by atoms with E-state index in [4.69, 9.17) is 4.74 Å². The number of aromatic amines is 1. The maximum Gasteiger partial charge on any atom is 0.360 e. The SMILES string of the molecule is COC(=O)c1ncc(Nc2cc(C)[nH]n2)nc1Nc1ccc(F)cc1. The van der Waals surface area contributed by atoms with Gasteiger partial charge >= 0.3 is 5.97 Å². The summed E-state index contributed by atoms with van der Waals surface area (Å²) in [6.45, 7) is 1.87. The van der Waals surface area contributed by atoms with E-state index in [2.05, 4.69) is 30.8 Å². The van der Waals surface area contributed by atoms with Gasteiger partial charge in [-0.25, -0.2) is 19.2 Å². The van der Waals surface area contributed by atoms with Crippen molar-refractivity contribution in [3.63, 3.8) is 0 Å². The molecule has 9 heteroatoms. The number of anilines is 4. The van der Waals surface area contributed by atoms with Gasteiger partial charge in [0.25, 0.3) is 0 Å². The largest absolute Gasteiger partial charge is 0.464 e. The zero-order valence-electron chi connectivity index (χ0n) is 13.5. The zero-order valence-corrected chi connectivity index (χ0v) is 13.5. The average molecular weight is 342 g/mol. The van der Waals surface area contributed by atoms with Crippen molar-refractivity contribution in [3.8, 4) is 0 Å². The Kier molecular flexibility index (Phi) is 4.55. The molecule has 0 radical (unpaired) electrons. The Labute approximate surface area is 142 Å². The van der Waals surface area contributed by atoms with Crippen molar-refractivity contribution in [2.45, 2.75) is 6.92 Å². The van der Waals surface area contributed by atoms with E-state index >= 15 is 0 Å². The van der Waals surface area contributed by atoms with Gasteiger partial charge < -0.3 is 15.4 Å². The molecule has 0 aliphatic rings. The van der Waals surface area contributed by atoms with Crippen molar-refractivity contribution < 1.29 is 13.9 Å². The molecule has 0 fully saturated rings. The van der Waals surface area contributed by atoms with Crippen molar-refractivity contribution >= 4 is 29.1 Å². The van der Waals surface area contributed by atoms with Gasteiger partial charge in [0, 0.05) is 17.4 Å². The minimum atomic E-state index is -0.640. The smallest absolute Gasteiger partial charge is 0.360 e. The Morgan fingerprint density at radius 2 is 1.96 bits per heavy atom. The number of ether oxygens (including phenoxy) is 1. The van der Waals surface area contributed by atoms with Crippen LogP contribution in [-0.4, -0.2) is 33.2 Å². The third kappa shape index (κ3) is 3.89. The first-order chi connectivity index (χ1) is 12.0. The summed E-state index contributed by atoms with van der Waals surface area (Å²) in [5, 5.41) is 12.8. The highest BCUT2D eigenvalue weighted by Crippen LogP contribution is 2.21. The molecule has 0 saturated heterocycles. The lowest BCUT2D eigenvalue weighted by atomic mass is 10.3. The van der Waals surface area contributed by atoms with Crippen LogP contribution in [0.2, 0.25) is 0 Å². The number of H-pyrrole nitrogens is 1. The summed E-state index contributed by atoms with van der Waals surface area (Å²) in [7, 11) is 1.25. The van der Waals surface area contributed by atoms with E-state index in [1.54, 1.807) is 6.07 Å². The number of aromatic nitrogens is 4. The van der Waals surface area contributed by atoms with Crippen LogP contribution in [-0.2, 0) is 4.74 Å². The van der Waals surface area contributed by atoms with Gasteiger partial charge in [-0.05, 0) is 31.2 Å². The molecule has 2 aromatic heterocycles. The molecule has 0 bridgehead atoms. The number of nitrogens with zero attached hydrogens (tertiary/aromatic N) is 3. The normalized spacial score (nSPS) is 10.4. The van der Waals surface area contributed by atoms with Crippen LogP contribution in [0.3, 0.4) is 0 Å². The number of carbonyl (C=O) groups is 1. The van der Waals surface area contributed by atoms with Crippen LogP contribution in [0, 0.1) is 12.7 Å². The molecule has 2 heterocycles. The number of carbonyl (C=O) groups excluding carboxylic acids is 1. The number of methoxy groups -OCH3 is 1. The van der Waals surface area contributed by atoms with Crippen molar-refractivity contribution in [2.24, 2.45) is 0 Å². The summed E-state index contributed by atoms with van der Waals surface area (Å²) in [6, 6.07) is 7.43. The van der Waals surface area contributed by atoms with Crippen molar-refractivity contribution in [2.75, 3.05) is 17.7 Å². The summed E-state index contributed by atoms with van der Waals surface area (Å²) in [5.41, 5.74) is 1.44. The molecule has 0 amide bonds. The van der Waals surface area contributed by atoms with E-state index in [1.165, 1.54) is 37.6 Å². The van der Waals surface area contributed by atoms with E-state index in [0.29, 0.717) is 17.3 Å². The highest BCUT2D eigenvalue weighted by Gasteiger charge is 2.17. The molecule has 0 aliphatic carbocycles. The number of aryl methyl sites for hydroxylation is 1. The first-order valence-electron chi connectivity index (χ1n) is 7.32. The van der Waals surface area contributed by atoms with Crippen LogP contribution in [0.25, 0.3) is 0 Å². The van der Waals surface area contributed by atoms with Gasteiger partial charge in [-0.1, -0.05) is 0 Å². The molecular weight excluding hydrogens is 327 g/mol. The maximum atomic E-state index is 13.0. The molecule has 1 aromatic carbocycles. The molecule has 3 rings (SSSR count). The van der Waals surface area contributed by atoms with E-state index in [0.717, 1.165) is 5.69 Å². The predicted octanol–water partition coefficient (Wildman–Crippen LogP) is 2.92. The Hall–Kier alpha value is -3.49. The maximum absolute atomic E-state index is 13.0. The molecule has 0 spiro atoms. The zero-order chi connectivity index (χ0) is 17.8. The van der Waals surface area contributed by atoms with Crippen LogP contribution in [0.5, 0.6) is 0 Å². The Bertz CT molecular complexity index is 894. The highest BCUT2D eigenvalue weighted by molar-refractivity contribution is 5.93. The number of benzene rings is 1. The molecule has 0 atom stereocenters. The van der Waals surface area contributed by atoms with E-state index in [1.807, 2.05) is 6.92 Å². The number of nitrogens with one attached hydrogen (secondary N) is 3. The molecule has 128 valence electrons. The predicted molar refractivity (Wildman–Crippen MR) is 89.7 cm³/mol. The van der Waals surface area contributed by atoms with Crippen LogP contribution in [0.15, 0.2) is 36.5 Å². The van der Waals surface area contributed by atoms with Gasteiger partial charge in [0.05, 0.1) is 13.3 Å². The lowest BCUT2D eigenvalue weighted by Gasteiger charge is -2.11. The second-order valence-corrected chi connectivity index (χ2v) is 5.14. The summed E-state index contributed by atoms with van der Waals surface area (Å²) >= 11 is 0. The molecule has 25 heavy (non-hydrogen) atoms. The second kappa shape index (κ2) is 6.95.